The van der Waals surface area contributed by atoms with E-state index in [1.807, 2.05) is 62.4 Å². The lowest BCUT2D eigenvalue weighted by Crippen LogP contribution is -2.40. The van der Waals surface area contributed by atoms with E-state index in [0.29, 0.717) is 49.5 Å². The van der Waals surface area contributed by atoms with E-state index in [2.05, 4.69) is 45.2 Å². The lowest BCUT2D eigenvalue weighted by Gasteiger charge is -2.25. The molecule has 0 spiro atoms. The molecule has 8 nitrogen and oxygen atoms in total. The highest BCUT2D eigenvalue weighted by molar-refractivity contribution is 14.1. The summed E-state index contributed by atoms with van der Waals surface area (Å²) in [5.41, 5.74) is 2.86. The molecule has 12 heteroatoms. The number of esters is 1. The van der Waals surface area contributed by atoms with Crippen molar-refractivity contribution in [3.63, 3.8) is 0 Å². The van der Waals surface area contributed by atoms with Crippen molar-refractivity contribution in [1.82, 2.24) is 4.57 Å². The van der Waals surface area contributed by atoms with Crippen molar-refractivity contribution in [2.24, 2.45) is 4.99 Å². The van der Waals surface area contributed by atoms with Gasteiger partial charge in [0.1, 0.15) is 12.4 Å². The zero-order valence-corrected chi connectivity index (χ0v) is 31.6. The smallest absolute Gasteiger partial charge is 0.338 e. The minimum Gasteiger partial charge on any atom is -0.493 e. The summed E-state index contributed by atoms with van der Waals surface area (Å²) in [6, 6.07) is 16.1. The maximum absolute atomic E-state index is 14.3. The highest BCUT2D eigenvalue weighted by atomic mass is 127. The van der Waals surface area contributed by atoms with E-state index < -0.39 is 12.0 Å². The first kappa shape index (κ1) is 34.5. The van der Waals surface area contributed by atoms with Gasteiger partial charge in [0, 0.05) is 14.2 Å². The minimum atomic E-state index is -0.795. The third kappa shape index (κ3) is 7.47. The van der Waals surface area contributed by atoms with Gasteiger partial charge < -0.3 is 18.9 Å². The van der Waals surface area contributed by atoms with Crippen LogP contribution in [-0.2, 0) is 16.1 Å². The summed E-state index contributed by atoms with van der Waals surface area (Å²) < 4.78 is 27.2. The van der Waals surface area contributed by atoms with E-state index in [9.17, 15) is 9.59 Å². The quantitative estimate of drug-likeness (QED) is 0.126. The van der Waals surface area contributed by atoms with Crippen LogP contribution < -0.4 is 29.1 Å². The molecule has 0 unspecified atom stereocenters. The van der Waals surface area contributed by atoms with Crippen molar-refractivity contribution in [3.8, 4) is 17.2 Å². The Morgan fingerprint density at radius 2 is 1.85 bits per heavy atom. The Labute approximate surface area is 303 Å². The van der Waals surface area contributed by atoms with Crippen molar-refractivity contribution >= 4 is 80.2 Å². The number of carbonyl (C=O) groups is 1. The molecule has 0 N–H and O–H groups in total. The number of thiazole rings is 1. The molecule has 0 aliphatic carbocycles. The Balaban J connectivity index is 1.66. The molecule has 0 saturated heterocycles. The van der Waals surface area contributed by atoms with Crippen LogP contribution in [0.3, 0.4) is 0 Å². The van der Waals surface area contributed by atoms with E-state index >= 15 is 0 Å². The first-order valence-electron chi connectivity index (χ1n) is 14.4. The first-order chi connectivity index (χ1) is 22.0. The Morgan fingerprint density at radius 1 is 1.11 bits per heavy atom. The third-order valence-corrected chi connectivity index (χ3v) is 9.66. The molecule has 3 aromatic carbocycles. The molecule has 1 aliphatic heterocycles. The molecule has 0 amide bonds. The average molecular weight is 885 g/mol. The van der Waals surface area contributed by atoms with Crippen molar-refractivity contribution in [2.45, 2.75) is 46.4 Å². The van der Waals surface area contributed by atoms with Crippen LogP contribution in [-0.4, -0.2) is 30.4 Å². The maximum Gasteiger partial charge on any atom is 0.338 e. The molecule has 0 radical (unpaired) electrons. The number of methoxy groups -OCH3 is 1. The van der Waals surface area contributed by atoms with E-state index in [-0.39, 0.29) is 23.8 Å². The first-order valence-corrected chi connectivity index (χ1v) is 17.8. The summed E-state index contributed by atoms with van der Waals surface area (Å²) in [7, 11) is 1.56. The van der Waals surface area contributed by atoms with Gasteiger partial charge in [0.15, 0.2) is 16.3 Å². The summed E-state index contributed by atoms with van der Waals surface area (Å²) in [5.74, 6) is 1.18. The number of halogens is 3. The zero-order chi connectivity index (χ0) is 33.1. The number of ether oxygens (including phenoxy) is 4. The van der Waals surface area contributed by atoms with Gasteiger partial charge in [-0.25, -0.2) is 9.79 Å². The monoisotopic (exact) mass is 884 g/mol. The number of fused-ring (bicyclic) bond motifs is 1. The van der Waals surface area contributed by atoms with E-state index in [1.165, 1.54) is 11.3 Å². The molecule has 4 aromatic rings. The topological polar surface area (TPSA) is 88.4 Å². The van der Waals surface area contributed by atoms with Crippen molar-refractivity contribution in [2.75, 3.05) is 13.7 Å². The number of carbonyl (C=O) groups excluding carboxylic acids is 1. The molecule has 1 atom stereocenters. The highest BCUT2D eigenvalue weighted by Gasteiger charge is 2.34. The summed E-state index contributed by atoms with van der Waals surface area (Å²) in [6.45, 7) is 7.87. The van der Waals surface area contributed by atoms with Crippen LogP contribution in [0.25, 0.3) is 6.08 Å². The lowest BCUT2D eigenvalue weighted by molar-refractivity contribution is -0.139. The molecule has 1 aromatic heterocycles. The normalized spacial score (nSPS) is 14.6. The van der Waals surface area contributed by atoms with Crippen LogP contribution in [0.4, 0.5) is 0 Å². The van der Waals surface area contributed by atoms with Crippen LogP contribution in [0.5, 0.6) is 17.2 Å². The third-order valence-electron chi connectivity index (χ3n) is 7.00. The second-order valence-electron chi connectivity index (χ2n) is 10.6. The average Bonchev–Trinajstić information content (AvgIpc) is 3.30. The largest absolute Gasteiger partial charge is 0.493 e. The van der Waals surface area contributed by atoms with Crippen molar-refractivity contribution in [1.29, 1.82) is 0 Å². The Bertz CT molecular complexity index is 2000. The second-order valence-corrected chi connectivity index (χ2v) is 14.5. The van der Waals surface area contributed by atoms with Crippen LogP contribution >= 0.6 is 68.1 Å². The molecule has 46 heavy (non-hydrogen) atoms. The van der Waals surface area contributed by atoms with Crippen LogP contribution in [0.2, 0.25) is 5.02 Å². The predicted octanol–water partition coefficient (Wildman–Crippen LogP) is 7.04. The van der Waals surface area contributed by atoms with Crippen molar-refractivity contribution in [3.05, 3.63) is 114 Å². The minimum absolute atomic E-state index is 0.0705. The fourth-order valence-electron chi connectivity index (χ4n) is 5.03. The molecular weight excluding hydrogens is 854 g/mol. The molecule has 2 heterocycles. The van der Waals surface area contributed by atoms with Gasteiger partial charge in [0.2, 0.25) is 0 Å². The molecule has 240 valence electrons. The van der Waals surface area contributed by atoms with Crippen molar-refractivity contribution < 1.29 is 23.7 Å². The summed E-state index contributed by atoms with van der Waals surface area (Å²) in [5, 5.41) is 0.654. The van der Waals surface area contributed by atoms with Gasteiger partial charge in [0.05, 0.1) is 45.2 Å². The van der Waals surface area contributed by atoms with Gasteiger partial charge in [-0.2, -0.15) is 0 Å². The highest BCUT2D eigenvalue weighted by Crippen LogP contribution is 2.37. The van der Waals surface area contributed by atoms with Gasteiger partial charge in [-0.3, -0.25) is 9.36 Å². The number of benzene rings is 3. The number of nitrogens with zero attached hydrogens (tertiary/aromatic N) is 2. The fraction of sp³-hybridized carbons (Fsp3) is 0.265. The summed E-state index contributed by atoms with van der Waals surface area (Å²) in [4.78, 5) is 32.8. The van der Waals surface area contributed by atoms with Gasteiger partial charge in [0.25, 0.3) is 5.56 Å². The Morgan fingerprint density at radius 3 is 2.52 bits per heavy atom. The number of allylic oxidation sites excluding steroid dienone is 1. The van der Waals surface area contributed by atoms with Gasteiger partial charge in [-0.1, -0.05) is 41.1 Å². The number of hydrogen-bond donors (Lipinski definition) is 0. The lowest BCUT2D eigenvalue weighted by atomic mass is 9.95. The van der Waals surface area contributed by atoms with Gasteiger partial charge >= 0.3 is 5.97 Å². The summed E-state index contributed by atoms with van der Waals surface area (Å²) >= 11 is 11.8. The molecular formula is C34H31ClI2N2O6S. The van der Waals surface area contributed by atoms with E-state index in [0.717, 1.165) is 18.3 Å². The number of rotatable bonds is 10. The molecule has 0 fully saturated rings. The van der Waals surface area contributed by atoms with E-state index in [1.54, 1.807) is 37.7 Å². The number of aromatic nitrogens is 1. The van der Waals surface area contributed by atoms with Crippen LogP contribution in [0.15, 0.2) is 75.7 Å². The zero-order valence-electron chi connectivity index (χ0n) is 25.7. The summed E-state index contributed by atoms with van der Waals surface area (Å²) in [6.07, 6.45) is 1.75. The molecule has 0 bridgehead atoms. The van der Waals surface area contributed by atoms with Crippen LogP contribution in [0.1, 0.15) is 50.4 Å². The molecule has 1 aliphatic rings. The Kier molecular flexibility index (Phi) is 11.2. The SMILES string of the molecule is CCOC(=O)C1=C(C)N=c2s/c(=C/c3cc(I)cc(I)c3OCc3ccc(Cl)cc3)c(=O)n2[C@H]1c1ccc(OC(C)C)c(OC)c1. The predicted molar refractivity (Wildman–Crippen MR) is 197 cm³/mol. The molecule has 0 saturated carbocycles. The van der Waals surface area contributed by atoms with E-state index in [4.69, 9.17) is 35.5 Å². The van der Waals surface area contributed by atoms with Crippen LogP contribution in [0, 0.1) is 7.14 Å². The maximum atomic E-state index is 14.3. The fourth-order valence-corrected chi connectivity index (χ4v) is 8.24. The number of hydrogen-bond acceptors (Lipinski definition) is 8. The Hall–Kier alpha value is -2.88. The van der Waals surface area contributed by atoms with Gasteiger partial charge in [-0.05, 0) is 126 Å². The second kappa shape index (κ2) is 14.9. The standard InChI is InChI=1S/C34H31ClI2N2O6S/c1-6-43-33(41)29-19(4)38-34-39(30(29)21-9-12-26(45-18(2)3)27(14-21)42-5)32(40)28(46-34)15-22-13-24(36)16-25(37)31(22)44-17-20-7-10-23(35)11-8-20/h7-16,18,30H,6,17H2,1-5H3/b28-15+/t30-/m0/s1. The molecule has 5 rings (SSSR count). The van der Waals surface area contributed by atoms with Gasteiger partial charge in [-0.15, -0.1) is 0 Å².